The van der Waals surface area contributed by atoms with Gasteiger partial charge < -0.3 is 15.5 Å². The van der Waals surface area contributed by atoms with Gasteiger partial charge in [0, 0.05) is 48.5 Å². The molecular weight excluding hydrogens is 446 g/mol. The zero-order chi connectivity index (χ0) is 22.5. The molecule has 2 aromatic carbocycles. The predicted octanol–water partition coefficient (Wildman–Crippen LogP) is 5.26. The third-order valence-electron chi connectivity index (χ3n) is 5.67. The molecule has 0 spiro atoms. The standard InChI is InChI=1S/C24H26F2N4S2/c1-17(27-24(31)28-20-8-4-18(25)5-9-20)23(22-3-2-16-32-22)30-14-12-29(13-15-30)21-10-6-19(26)7-11-21/h2-11,16-17,23H,12-15H2,1H3,(H2,27,28,31)/t17-,23-/m0/s1. The fourth-order valence-electron chi connectivity index (χ4n) is 4.10. The zero-order valence-corrected chi connectivity index (χ0v) is 19.4. The molecule has 8 heteroatoms. The first-order valence-corrected chi connectivity index (χ1v) is 11.9. The Morgan fingerprint density at radius 1 is 0.938 bits per heavy atom. The lowest BCUT2D eigenvalue weighted by molar-refractivity contribution is 0.163. The molecule has 1 saturated heterocycles. The van der Waals surface area contributed by atoms with Crippen molar-refractivity contribution >= 4 is 40.0 Å². The molecule has 2 atom stereocenters. The van der Waals surface area contributed by atoms with Crippen molar-refractivity contribution in [3.05, 3.63) is 82.6 Å². The fourth-order valence-corrected chi connectivity index (χ4v) is 5.37. The van der Waals surface area contributed by atoms with Gasteiger partial charge in [-0.2, -0.15) is 0 Å². The van der Waals surface area contributed by atoms with E-state index in [1.54, 1.807) is 23.5 Å². The van der Waals surface area contributed by atoms with Crippen LogP contribution in [0, 0.1) is 11.6 Å². The second kappa shape index (κ2) is 10.4. The highest BCUT2D eigenvalue weighted by Gasteiger charge is 2.30. The van der Waals surface area contributed by atoms with E-state index in [-0.39, 0.29) is 23.7 Å². The Morgan fingerprint density at radius 3 is 2.16 bits per heavy atom. The van der Waals surface area contributed by atoms with E-state index in [9.17, 15) is 8.78 Å². The number of anilines is 2. The molecule has 2 N–H and O–H groups in total. The van der Waals surface area contributed by atoms with Crippen LogP contribution in [0.25, 0.3) is 0 Å². The topological polar surface area (TPSA) is 30.5 Å². The Bertz CT molecular complexity index is 1000. The molecule has 0 unspecified atom stereocenters. The van der Waals surface area contributed by atoms with Gasteiger partial charge in [0.25, 0.3) is 0 Å². The van der Waals surface area contributed by atoms with Gasteiger partial charge in [-0.05, 0) is 79.1 Å². The Kier molecular flexibility index (Phi) is 7.34. The normalized spacial score (nSPS) is 16.4. The van der Waals surface area contributed by atoms with Crippen molar-refractivity contribution in [2.75, 3.05) is 36.4 Å². The van der Waals surface area contributed by atoms with Crippen molar-refractivity contribution in [1.82, 2.24) is 10.2 Å². The van der Waals surface area contributed by atoms with Gasteiger partial charge >= 0.3 is 0 Å². The predicted molar refractivity (Wildman–Crippen MR) is 132 cm³/mol. The quantitative estimate of drug-likeness (QED) is 0.478. The summed E-state index contributed by atoms with van der Waals surface area (Å²) in [5.41, 5.74) is 1.80. The zero-order valence-electron chi connectivity index (χ0n) is 17.8. The Hall–Kier alpha value is -2.55. The molecule has 168 valence electrons. The van der Waals surface area contributed by atoms with Gasteiger partial charge in [-0.3, -0.25) is 4.90 Å². The summed E-state index contributed by atoms with van der Waals surface area (Å²) in [6, 6.07) is 17.3. The summed E-state index contributed by atoms with van der Waals surface area (Å²) < 4.78 is 26.4. The van der Waals surface area contributed by atoms with Gasteiger partial charge in [-0.1, -0.05) is 6.07 Å². The van der Waals surface area contributed by atoms with Crippen molar-refractivity contribution < 1.29 is 8.78 Å². The smallest absolute Gasteiger partial charge is 0.171 e. The number of thiocarbonyl (C=S) groups is 1. The molecular formula is C24H26F2N4S2. The number of rotatable bonds is 6. The number of hydrogen-bond acceptors (Lipinski definition) is 4. The van der Waals surface area contributed by atoms with Gasteiger partial charge in [0.05, 0.1) is 6.04 Å². The van der Waals surface area contributed by atoms with Crippen LogP contribution < -0.4 is 15.5 Å². The SMILES string of the molecule is C[C@H](NC(=S)Nc1ccc(F)cc1)[C@@H](c1cccs1)N1CCN(c2ccc(F)cc2)CC1. The van der Waals surface area contributed by atoms with Crippen LogP contribution in [0.5, 0.6) is 0 Å². The third kappa shape index (κ3) is 5.62. The summed E-state index contributed by atoms with van der Waals surface area (Å²) in [6.45, 7) is 5.67. The van der Waals surface area contributed by atoms with Crippen LogP contribution in [-0.4, -0.2) is 42.2 Å². The van der Waals surface area contributed by atoms with Crippen LogP contribution in [0.2, 0.25) is 0 Å². The van der Waals surface area contributed by atoms with E-state index in [4.69, 9.17) is 12.2 Å². The van der Waals surface area contributed by atoms with Gasteiger partial charge in [-0.25, -0.2) is 8.78 Å². The van der Waals surface area contributed by atoms with E-state index in [1.807, 2.05) is 12.1 Å². The minimum Gasteiger partial charge on any atom is -0.369 e. The number of benzene rings is 2. The first-order valence-electron chi connectivity index (χ1n) is 10.6. The summed E-state index contributed by atoms with van der Waals surface area (Å²) in [4.78, 5) is 6.05. The first kappa shape index (κ1) is 22.6. The molecule has 0 radical (unpaired) electrons. The van der Waals surface area contributed by atoms with E-state index in [2.05, 4.69) is 44.9 Å². The Labute approximate surface area is 196 Å². The van der Waals surface area contributed by atoms with Crippen LogP contribution in [0.3, 0.4) is 0 Å². The van der Waals surface area contributed by atoms with Crippen LogP contribution >= 0.6 is 23.6 Å². The summed E-state index contributed by atoms with van der Waals surface area (Å²) in [7, 11) is 0. The highest BCUT2D eigenvalue weighted by molar-refractivity contribution is 7.80. The van der Waals surface area contributed by atoms with Crippen molar-refractivity contribution in [3.63, 3.8) is 0 Å². The van der Waals surface area contributed by atoms with Gasteiger partial charge in [0.1, 0.15) is 11.6 Å². The molecule has 4 rings (SSSR count). The van der Waals surface area contributed by atoms with E-state index < -0.39 is 0 Å². The van der Waals surface area contributed by atoms with Crippen LogP contribution in [0.15, 0.2) is 66.0 Å². The monoisotopic (exact) mass is 472 g/mol. The maximum absolute atomic E-state index is 13.3. The molecule has 2 heterocycles. The Balaban J connectivity index is 1.40. The number of nitrogens with one attached hydrogen (secondary N) is 2. The van der Waals surface area contributed by atoms with Crippen molar-refractivity contribution in [1.29, 1.82) is 0 Å². The number of nitrogens with zero attached hydrogens (tertiary/aromatic N) is 2. The number of piperazine rings is 1. The number of hydrogen-bond donors (Lipinski definition) is 2. The summed E-state index contributed by atoms with van der Waals surface area (Å²) in [5.74, 6) is -0.490. The lowest BCUT2D eigenvalue weighted by Gasteiger charge is -2.42. The molecule has 3 aromatic rings. The van der Waals surface area contributed by atoms with E-state index in [0.717, 1.165) is 37.6 Å². The molecule has 0 aliphatic carbocycles. The minimum atomic E-state index is -0.277. The molecule has 1 aliphatic heterocycles. The third-order valence-corrected chi connectivity index (χ3v) is 6.83. The van der Waals surface area contributed by atoms with Crippen LogP contribution in [-0.2, 0) is 0 Å². The fraction of sp³-hybridized carbons (Fsp3) is 0.292. The second-order valence-corrected chi connectivity index (χ2v) is 9.24. The molecule has 4 nitrogen and oxygen atoms in total. The number of thiophene rings is 1. The van der Waals surface area contributed by atoms with Crippen LogP contribution in [0.1, 0.15) is 17.8 Å². The van der Waals surface area contributed by atoms with Gasteiger partial charge in [-0.15, -0.1) is 11.3 Å². The second-order valence-electron chi connectivity index (χ2n) is 7.85. The highest BCUT2D eigenvalue weighted by Crippen LogP contribution is 2.30. The van der Waals surface area contributed by atoms with E-state index in [1.165, 1.54) is 29.1 Å². The average molecular weight is 473 g/mol. The lowest BCUT2D eigenvalue weighted by atomic mass is 10.0. The molecule has 0 bridgehead atoms. The molecule has 1 aromatic heterocycles. The van der Waals surface area contributed by atoms with Crippen molar-refractivity contribution in [3.8, 4) is 0 Å². The average Bonchev–Trinajstić information content (AvgIpc) is 3.31. The van der Waals surface area contributed by atoms with Gasteiger partial charge in [0.15, 0.2) is 5.11 Å². The minimum absolute atomic E-state index is 0.0615. The molecule has 0 saturated carbocycles. The summed E-state index contributed by atoms with van der Waals surface area (Å²) in [5, 5.41) is 9.16. The summed E-state index contributed by atoms with van der Waals surface area (Å²) in [6.07, 6.45) is 0. The largest absolute Gasteiger partial charge is 0.369 e. The summed E-state index contributed by atoms with van der Waals surface area (Å²) >= 11 is 7.26. The van der Waals surface area contributed by atoms with Crippen molar-refractivity contribution in [2.45, 2.75) is 19.0 Å². The lowest BCUT2D eigenvalue weighted by Crippen LogP contribution is -2.52. The van der Waals surface area contributed by atoms with E-state index in [0.29, 0.717) is 5.11 Å². The highest BCUT2D eigenvalue weighted by atomic mass is 32.1. The van der Waals surface area contributed by atoms with Gasteiger partial charge in [0.2, 0.25) is 0 Å². The maximum Gasteiger partial charge on any atom is 0.171 e. The van der Waals surface area contributed by atoms with E-state index >= 15 is 0 Å². The maximum atomic E-state index is 13.3. The molecule has 32 heavy (non-hydrogen) atoms. The van der Waals surface area contributed by atoms with Crippen molar-refractivity contribution in [2.24, 2.45) is 0 Å². The molecule has 1 aliphatic rings. The Morgan fingerprint density at radius 2 is 1.56 bits per heavy atom. The van der Waals surface area contributed by atoms with Crippen LogP contribution in [0.4, 0.5) is 20.2 Å². The number of halogens is 2. The molecule has 0 amide bonds. The molecule has 1 fully saturated rings. The first-order chi connectivity index (χ1) is 15.5.